The molecule has 0 fully saturated rings. The maximum atomic E-state index is 13.1. The van der Waals surface area contributed by atoms with Gasteiger partial charge in [0.05, 0.1) is 0 Å². The predicted molar refractivity (Wildman–Crippen MR) is 121 cm³/mol. The Bertz CT molecular complexity index is 1370. The molecule has 0 aliphatic carbocycles. The van der Waals surface area contributed by atoms with Gasteiger partial charge in [0.15, 0.2) is 18.1 Å². The SMILES string of the molecule is O=C(COC(=O)CCCN1C(=O)c2cccc3cccc(c23)C1=O)Nc1ccc2c(c1)OC(F)(F)O2. The van der Waals surface area contributed by atoms with Crippen LogP contribution in [0.5, 0.6) is 11.5 Å². The van der Waals surface area contributed by atoms with Crippen LogP contribution in [0.25, 0.3) is 10.8 Å². The molecular weight excluding hydrogens is 478 g/mol. The highest BCUT2D eigenvalue weighted by Gasteiger charge is 2.43. The van der Waals surface area contributed by atoms with E-state index in [2.05, 4.69) is 14.8 Å². The number of imide groups is 1. The zero-order valence-electron chi connectivity index (χ0n) is 18.6. The summed E-state index contributed by atoms with van der Waals surface area (Å²) < 4.78 is 39.7. The molecular formula is C25H18F2N2O7. The maximum Gasteiger partial charge on any atom is 0.586 e. The van der Waals surface area contributed by atoms with Crippen molar-refractivity contribution in [2.45, 2.75) is 19.1 Å². The molecule has 0 bridgehead atoms. The number of nitrogens with one attached hydrogen (secondary N) is 1. The molecule has 0 saturated carbocycles. The number of alkyl halides is 2. The van der Waals surface area contributed by atoms with Crippen molar-refractivity contribution < 1.29 is 42.2 Å². The molecule has 3 aromatic rings. The van der Waals surface area contributed by atoms with E-state index < -0.39 is 36.6 Å². The molecule has 0 radical (unpaired) electrons. The molecule has 5 rings (SSSR count). The highest BCUT2D eigenvalue weighted by molar-refractivity contribution is 6.25. The minimum Gasteiger partial charge on any atom is -0.456 e. The standard InChI is InChI=1S/C25H18F2N2O7/c26-25(27)35-18-10-9-15(12-19(18)36-25)28-20(30)13-34-21(31)8-3-11-29-23(32)16-6-1-4-14-5-2-7-17(22(14)16)24(29)33/h1-2,4-7,9-10,12H,3,8,11,13H2,(H,28,30). The van der Waals surface area contributed by atoms with Gasteiger partial charge in [-0.15, -0.1) is 8.78 Å². The summed E-state index contributed by atoms with van der Waals surface area (Å²) in [7, 11) is 0. The van der Waals surface area contributed by atoms with Crippen LogP contribution in [0, 0.1) is 0 Å². The lowest BCUT2D eigenvalue weighted by Gasteiger charge is -2.27. The third-order valence-electron chi connectivity index (χ3n) is 5.67. The van der Waals surface area contributed by atoms with E-state index in [0.29, 0.717) is 16.5 Å². The third-order valence-corrected chi connectivity index (χ3v) is 5.67. The Morgan fingerprint density at radius 3 is 2.31 bits per heavy atom. The molecule has 3 amide bonds. The van der Waals surface area contributed by atoms with Crippen molar-refractivity contribution in [3.05, 3.63) is 65.7 Å². The Labute approximate surface area is 202 Å². The first kappa shape index (κ1) is 23.2. The minimum atomic E-state index is -3.78. The Kier molecular flexibility index (Phi) is 5.75. The first-order chi connectivity index (χ1) is 17.2. The Morgan fingerprint density at radius 2 is 1.61 bits per heavy atom. The molecule has 0 unspecified atom stereocenters. The van der Waals surface area contributed by atoms with E-state index in [1.807, 2.05) is 12.1 Å². The number of esters is 1. The van der Waals surface area contributed by atoms with Gasteiger partial charge in [0.1, 0.15) is 0 Å². The number of hydrogen-bond acceptors (Lipinski definition) is 7. The van der Waals surface area contributed by atoms with E-state index in [1.165, 1.54) is 12.1 Å². The fourth-order valence-electron chi connectivity index (χ4n) is 4.11. The van der Waals surface area contributed by atoms with Gasteiger partial charge >= 0.3 is 12.3 Å². The Morgan fingerprint density at radius 1 is 0.944 bits per heavy atom. The number of anilines is 1. The third kappa shape index (κ3) is 4.42. The van der Waals surface area contributed by atoms with Crippen molar-refractivity contribution >= 4 is 40.2 Å². The van der Waals surface area contributed by atoms with Gasteiger partial charge in [0, 0.05) is 41.2 Å². The highest BCUT2D eigenvalue weighted by atomic mass is 19.3. The number of ether oxygens (including phenoxy) is 3. The van der Waals surface area contributed by atoms with Crippen LogP contribution in [0.3, 0.4) is 0 Å². The van der Waals surface area contributed by atoms with Gasteiger partial charge in [-0.2, -0.15) is 0 Å². The van der Waals surface area contributed by atoms with Gasteiger partial charge in [-0.1, -0.05) is 24.3 Å². The number of carbonyl (C=O) groups excluding carboxylic acids is 4. The number of benzene rings is 3. The summed E-state index contributed by atoms with van der Waals surface area (Å²) in [6.07, 6.45) is -3.76. The van der Waals surface area contributed by atoms with E-state index in [9.17, 15) is 28.0 Å². The Balaban J connectivity index is 1.10. The van der Waals surface area contributed by atoms with Crippen LogP contribution >= 0.6 is 0 Å². The molecule has 36 heavy (non-hydrogen) atoms. The molecule has 0 saturated heterocycles. The van der Waals surface area contributed by atoms with Crippen LogP contribution < -0.4 is 14.8 Å². The first-order valence-corrected chi connectivity index (χ1v) is 11.0. The van der Waals surface area contributed by atoms with Crippen LogP contribution in [-0.2, 0) is 14.3 Å². The molecule has 1 N–H and O–H groups in total. The summed E-state index contributed by atoms with van der Waals surface area (Å²) in [5.41, 5.74) is 0.997. The van der Waals surface area contributed by atoms with E-state index in [-0.39, 0.29) is 36.6 Å². The quantitative estimate of drug-likeness (QED) is 0.392. The van der Waals surface area contributed by atoms with Crippen LogP contribution in [0.4, 0.5) is 14.5 Å². The number of nitrogens with zero attached hydrogens (tertiary/aromatic N) is 1. The summed E-state index contributed by atoms with van der Waals surface area (Å²) in [6.45, 7) is -0.605. The lowest BCUT2D eigenvalue weighted by molar-refractivity contribution is -0.286. The smallest absolute Gasteiger partial charge is 0.456 e. The molecule has 0 aromatic heterocycles. The molecule has 9 nitrogen and oxygen atoms in total. The second-order valence-electron chi connectivity index (χ2n) is 8.11. The van der Waals surface area contributed by atoms with Crippen LogP contribution in [0.2, 0.25) is 0 Å². The molecule has 0 atom stereocenters. The number of hydrogen-bond donors (Lipinski definition) is 1. The van der Waals surface area contributed by atoms with Gasteiger partial charge in [-0.05, 0) is 36.1 Å². The van der Waals surface area contributed by atoms with Crippen molar-refractivity contribution in [3.63, 3.8) is 0 Å². The summed E-state index contributed by atoms with van der Waals surface area (Å²) in [6, 6.07) is 14.2. The maximum absolute atomic E-state index is 13.1. The molecule has 2 heterocycles. The zero-order valence-corrected chi connectivity index (χ0v) is 18.6. The predicted octanol–water partition coefficient (Wildman–Crippen LogP) is 3.72. The van der Waals surface area contributed by atoms with Crippen molar-refractivity contribution in [3.8, 4) is 11.5 Å². The van der Waals surface area contributed by atoms with Crippen LogP contribution in [-0.4, -0.2) is 48.0 Å². The van der Waals surface area contributed by atoms with Gasteiger partial charge in [-0.3, -0.25) is 24.1 Å². The average Bonchev–Trinajstić information content (AvgIpc) is 3.16. The number of halogens is 2. The largest absolute Gasteiger partial charge is 0.586 e. The first-order valence-electron chi connectivity index (χ1n) is 11.0. The Hall–Kier alpha value is -4.54. The molecule has 3 aromatic carbocycles. The summed E-state index contributed by atoms with van der Waals surface area (Å²) in [5.74, 6) is -2.67. The lowest BCUT2D eigenvalue weighted by atomic mass is 9.94. The normalized spacial score (nSPS) is 15.2. The van der Waals surface area contributed by atoms with Crippen LogP contribution in [0.15, 0.2) is 54.6 Å². The second-order valence-corrected chi connectivity index (χ2v) is 8.11. The fourth-order valence-corrected chi connectivity index (χ4v) is 4.11. The minimum absolute atomic E-state index is 0.00547. The summed E-state index contributed by atoms with van der Waals surface area (Å²) >= 11 is 0. The molecule has 2 aliphatic rings. The monoisotopic (exact) mass is 496 g/mol. The summed E-state index contributed by atoms with van der Waals surface area (Å²) in [4.78, 5) is 50.9. The van der Waals surface area contributed by atoms with Crippen molar-refractivity contribution in [1.29, 1.82) is 0 Å². The summed E-state index contributed by atoms with van der Waals surface area (Å²) in [5, 5.41) is 3.81. The van der Waals surface area contributed by atoms with Crippen molar-refractivity contribution in [2.24, 2.45) is 0 Å². The molecule has 11 heteroatoms. The number of amides is 3. The molecule has 2 aliphatic heterocycles. The van der Waals surface area contributed by atoms with E-state index in [1.54, 1.807) is 24.3 Å². The average molecular weight is 496 g/mol. The van der Waals surface area contributed by atoms with Crippen molar-refractivity contribution in [2.75, 3.05) is 18.5 Å². The van der Waals surface area contributed by atoms with Gasteiger partial charge in [0.25, 0.3) is 17.7 Å². The molecule has 184 valence electrons. The number of fused-ring (bicyclic) bond motifs is 1. The number of rotatable bonds is 7. The highest BCUT2D eigenvalue weighted by Crippen LogP contribution is 2.42. The fraction of sp³-hybridized carbons (Fsp3) is 0.200. The second kappa shape index (κ2) is 8.91. The van der Waals surface area contributed by atoms with Gasteiger partial charge in [0.2, 0.25) is 0 Å². The van der Waals surface area contributed by atoms with Gasteiger partial charge < -0.3 is 19.5 Å². The van der Waals surface area contributed by atoms with E-state index in [4.69, 9.17) is 4.74 Å². The lowest BCUT2D eigenvalue weighted by Crippen LogP contribution is -2.41. The van der Waals surface area contributed by atoms with Crippen molar-refractivity contribution in [1.82, 2.24) is 4.90 Å². The molecule has 0 spiro atoms. The van der Waals surface area contributed by atoms with Gasteiger partial charge in [-0.25, -0.2) is 0 Å². The zero-order chi connectivity index (χ0) is 25.4. The van der Waals surface area contributed by atoms with Crippen LogP contribution in [0.1, 0.15) is 33.6 Å². The van der Waals surface area contributed by atoms with E-state index >= 15 is 0 Å². The van der Waals surface area contributed by atoms with E-state index in [0.717, 1.165) is 16.4 Å². The number of carbonyl (C=O) groups is 4. The topological polar surface area (TPSA) is 111 Å².